The van der Waals surface area contributed by atoms with E-state index < -0.39 is 0 Å². The van der Waals surface area contributed by atoms with E-state index in [1.54, 1.807) is 13.2 Å². The van der Waals surface area contributed by atoms with Gasteiger partial charge in [-0.2, -0.15) is 4.98 Å². The van der Waals surface area contributed by atoms with E-state index in [0.717, 1.165) is 0 Å². The summed E-state index contributed by atoms with van der Waals surface area (Å²) in [6.45, 7) is 0. The number of ether oxygens (including phenoxy) is 1. The minimum atomic E-state index is -0.306. The summed E-state index contributed by atoms with van der Waals surface area (Å²) in [5.41, 5.74) is 0.970. The van der Waals surface area contributed by atoms with Gasteiger partial charge in [-0.25, -0.2) is 4.98 Å². The number of hydrogen-bond donors (Lipinski definition) is 2. The Kier molecular flexibility index (Phi) is 4.37. The Bertz CT molecular complexity index is 634. The highest BCUT2D eigenvalue weighted by atomic mass is 35.5. The number of para-hydroxylation sites is 2. The molecule has 0 atom stereocenters. The Morgan fingerprint density at radius 2 is 2.10 bits per heavy atom. The smallest absolute Gasteiger partial charge is 0.256 e. The standard InChI is InChI=1S/C13H13ClN4O2/c1-15-12(19)8-7-16-13(14)18-11(8)17-9-5-3-4-6-10(9)20-2/h3-7H,1-2H3,(H,15,19)(H,16,17,18). The number of nitrogens with one attached hydrogen (secondary N) is 2. The summed E-state index contributed by atoms with van der Waals surface area (Å²) >= 11 is 5.78. The monoisotopic (exact) mass is 292 g/mol. The van der Waals surface area contributed by atoms with E-state index >= 15 is 0 Å². The average molecular weight is 293 g/mol. The van der Waals surface area contributed by atoms with Crippen LogP contribution in [0.25, 0.3) is 0 Å². The van der Waals surface area contributed by atoms with Crippen LogP contribution in [-0.2, 0) is 0 Å². The van der Waals surface area contributed by atoms with Crippen molar-refractivity contribution in [1.29, 1.82) is 0 Å². The van der Waals surface area contributed by atoms with Crippen LogP contribution in [0, 0.1) is 0 Å². The molecule has 1 heterocycles. The molecular formula is C13H13ClN4O2. The van der Waals surface area contributed by atoms with E-state index in [2.05, 4.69) is 20.6 Å². The molecule has 1 amide bonds. The van der Waals surface area contributed by atoms with Gasteiger partial charge < -0.3 is 15.4 Å². The highest BCUT2D eigenvalue weighted by Gasteiger charge is 2.14. The SMILES string of the molecule is CNC(=O)c1cnc(Cl)nc1Nc1ccccc1OC. The zero-order chi connectivity index (χ0) is 14.5. The van der Waals surface area contributed by atoms with Gasteiger partial charge in [0.1, 0.15) is 17.1 Å². The lowest BCUT2D eigenvalue weighted by molar-refractivity contribution is 0.0963. The predicted octanol–water partition coefficient (Wildman–Crippen LogP) is 2.24. The van der Waals surface area contributed by atoms with Gasteiger partial charge in [-0.15, -0.1) is 0 Å². The van der Waals surface area contributed by atoms with Gasteiger partial charge in [0.05, 0.1) is 12.8 Å². The first-order valence-electron chi connectivity index (χ1n) is 5.80. The van der Waals surface area contributed by atoms with Gasteiger partial charge in [0, 0.05) is 13.2 Å². The Balaban J connectivity index is 2.42. The van der Waals surface area contributed by atoms with E-state index in [9.17, 15) is 4.79 Å². The highest BCUT2D eigenvalue weighted by molar-refractivity contribution is 6.28. The van der Waals surface area contributed by atoms with Gasteiger partial charge in [-0.1, -0.05) is 12.1 Å². The van der Waals surface area contributed by atoms with Crippen LogP contribution in [0.2, 0.25) is 5.28 Å². The minimum absolute atomic E-state index is 0.0510. The second-order valence-electron chi connectivity index (χ2n) is 3.81. The summed E-state index contributed by atoms with van der Waals surface area (Å²) in [6.07, 6.45) is 1.37. The number of aromatic nitrogens is 2. The molecule has 104 valence electrons. The van der Waals surface area contributed by atoms with Crippen molar-refractivity contribution in [3.63, 3.8) is 0 Å². The van der Waals surface area contributed by atoms with Gasteiger partial charge >= 0.3 is 0 Å². The summed E-state index contributed by atoms with van der Waals surface area (Å²) in [5.74, 6) is 0.637. The van der Waals surface area contributed by atoms with Gasteiger partial charge in [0.15, 0.2) is 0 Å². The maximum atomic E-state index is 11.8. The molecule has 20 heavy (non-hydrogen) atoms. The van der Waals surface area contributed by atoms with Crippen LogP contribution >= 0.6 is 11.6 Å². The second-order valence-corrected chi connectivity index (χ2v) is 4.14. The van der Waals surface area contributed by atoms with E-state index in [-0.39, 0.29) is 11.2 Å². The fourth-order valence-electron chi connectivity index (χ4n) is 1.63. The Hall–Kier alpha value is -2.34. The summed E-state index contributed by atoms with van der Waals surface area (Å²) in [6, 6.07) is 7.29. The molecular weight excluding hydrogens is 280 g/mol. The van der Waals surface area contributed by atoms with Crippen LogP contribution in [0.15, 0.2) is 30.5 Å². The number of halogens is 1. The van der Waals surface area contributed by atoms with E-state index in [1.807, 2.05) is 18.2 Å². The summed E-state index contributed by atoms with van der Waals surface area (Å²) in [5, 5.41) is 5.60. The van der Waals surface area contributed by atoms with Crippen molar-refractivity contribution >= 4 is 29.0 Å². The Morgan fingerprint density at radius 1 is 1.35 bits per heavy atom. The normalized spacial score (nSPS) is 9.95. The molecule has 1 aromatic carbocycles. The number of hydrogen-bond acceptors (Lipinski definition) is 5. The number of methoxy groups -OCH3 is 1. The maximum absolute atomic E-state index is 11.8. The topological polar surface area (TPSA) is 76.1 Å². The third-order valence-electron chi connectivity index (χ3n) is 2.59. The molecule has 0 spiro atoms. The average Bonchev–Trinajstić information content (AvgIpc) is 2.47. The molecule has 0 aliphatic carbocycles. The molecule has 2 rings (SSSR count). The van der Waals surface area contributed by atoms with Crippen molar-refractivity contribution in [2.24, 2.45) is 0 Å². The predicted molar refractivity (Wildman–Crippen MR) is 76.7 cm³/mol. The van der Waals surface area contributed by atoms with Crippen molar-refractivity contribution < 1.29 is 9.53 Å². The van der Waals surface area contributed by atoms with Gasteiger partial charge in [-0.05, 0) is 23.7 Å². The first kappa shape index (κ1) is 14.1. The van der Waals surface area contributed by atoms with Crippen molar-refractivity contribution in [2.45, 2.75) is 0 Å². The second kappa shape index (κ2) is 6.21. The van der Waals surface area contributed by atoms with Crippen LogP contribution in [-0.4, -0.2) is 30.0 Å². The molecule has 2 N–H and O–H groups in total. The molecule has 2 aromatic rings. The molecule has 0 fully saturated rings. The van der Waals surface area contributed by atoms with Gasteiger partial charge in [0.25, 0.3) is 5.91 Å². The molecule has 0 aliphatic heterocycles. The zero-order valence-corrected chi connectivity index (χ0v) is 11.7. The van der Waals surface area contributed by atoms with Crippen LogP contribution in [0.5, 0.6) is 5.75 Å². The molecule has 1 aromatic heterocycles. The lowest BCUT2D eigenvalue weighted by atomic mass is 10.2. The molecule has 0 radical (unpaired) electrons. The first-order chi connectivity index (χ1) is 9.65. The molecule has 0 aliphatic rings. The number of nitrogens with zero attached hydrogens (tertiary/aromatic N) is 2. The first-order valence-corrected chi connectivity index (χ1v) is 6.18. The third kappa shape index (κ3) is 2.97. The lowest BCUT2D eigenvalue weighted by Crippen LogP contribution is -2.20. The molecule has 7 heteroatoms. The minimum Gasteiger partial charge on any atom is -0.495 e. The summed E-state index contributed by atoms with van der Waals surface area (Å²) < 4.78 is 5.24. The van der Waals surface area contributed by atoms with Crippen molar-refractivity contribution in [2.75, 3.05) is 19.5 Å². The fourth-order valence-corrected chi connectivity index (χ4v) is 1.77. The molecule has 0 saturated carbocycles. The van der Waals surface area contributed by atoms with Crippen molar-refractivity contribution in [3.8, 4) is 5.75 Å². The van der Waals surface area contributed by atoms with E-state index in [0.29, 0.717) is 22.8 Å². The van der Waals surface area contributed by atoms with Crippen LogP contribution < -0.4 is 15.4 Å². The van der Waals surface area contributed by atoms with Gasteiger partial charge in [0.2, 0.25) is 5.28 Å². The summed E-state index contributed by atoms with van der Waals surface area (Å²) in [7, 11) is 3.09. The largest absolute Gasteiger partial charge is 0.495 e. The van der Waals surface area contributed by atoms with Crippen molar-refractivity contribution in [3.05, 3.63) is 41.3 Å². The molecule has 0 saturated heterocycles. The van der Waals surface area contributed by atoms with E-state index in [1.165, 1.54) is 13.2 Å². The zero-order valence-electron chi connectivity index (χ0n) is 11.0. The number of amides is 1. The fraction of sp³-hybridized carbons (Fsp3) is 0.154. The number of anilines is 2. The third-order valence-corrected chi connectivity index (χ3v) is 2.77. The number of rotatable bonds is 4. The van der Waals surface area contributed by atoms with Crippen LogP contribution in [0.4, 0.5) is 11.5 Å². The van der Waals surface area contributed by atoms with Crippen LogP contribution in [0.1, 0.15) is 10.4 Å². The highest BCUT2D eigenvalue weighted by Crippen LogP contribution is 2.27. The lowest BCUT2D eigenvalue weighted by Gasteiger charge is -2.12. The Morgan fingerprint density at radius 3 is 2.80 bits per heavy atom. The maximum Gasteiger partial charge on any atom is 0.256 e. The number of benzene rings is 1. The molecule has 6 nitrogen and oxygen atoms in total. The quantitative estimate of drug-likeness (QED) is 0.845. The Labute approximate surface area is 121 Å². The van der Waals surface area contributed by atoms with Crippen molar-refractivity contribution in [1.82, 2.24) is 15.3 Å². The molecule has 0 unspecified atom stereocenters. The number of carbonyl (C=O) groups excluding carboxylic acids is 1. The van der Waals surface area contributed by atoms with E-state index in [4.69, 9.17) is 16.3 Å². The number of carbonyl (C=O) groups is 1. The molecule has 0 bridgehead atoms. The van der Waals surface area contributed by atoms with Gasteiger partial charge in [-0.3, -0.25) is 4.79 Å². The summed E-state index contributed by atoms with van der Waals surface area (Å²) in [4.78, 5) is 19.6. The van der Waals surface area contributed by atoms with Crippen LogP contribution in [0.3, 0.4) is 0 Å².